The molecule has 1 heterocycles. The lowest BCUT2D eigenvalue weighted by Crippen LogP contribution is -2.26. The normalized spacial score (nSPS) is 25.6. The van der Waals surface area contributed by atoms with Crippen molar-refractivity contribution >= 4 is 32.9 Å². The summed E-state index contributed by atoms with van der Waals surface area (Å²) in [6.45, 7) is 1.51. The maximum absolute atomic E-state index is 11.8. The summed E-state index contributed by atoms with van der Waals surface area (Å²) in [5.74, 6) is 0. The summed E-state index contributed by atoms with van der Waals surface area (Å²) in [5.41, 5.74) is 0. The first kappa shape index (κ1) is 11.8. The average Bonchev–Trinajstić information content (AvgIpc) is 2.13. The van der Waals surface area contributed by atoms with Crippen LogP contribution < -0.4 is 0 Å². The van der Waals surface area contributed by atoms with Gasteiger partial charge in [-0.3, -0.25) is 4.90 Å². The molecule has 11 heavy (non-hydrogen) atoms. The van der Waals surface area contributed by atoms with E-state index in [1.54, 1.807) is 4.90 Å². The monoisotopic (exact) mass is 293 g/mol. The van der Waals surface area contributed by atoms with Crippen molar-refractivity contribution in [3.8, 4) is 0 Å². The summed E-state index contributed by atoms with van der Waals surface area (Å²) in [4.78, 5) is 2.20. The Bertz CT molecular complexity index is 113. The zero-order chi connectivity index (χ0) is 7.56. The number of rotatable bonds is 2. The van der Waals surface area contributed by atoms with Crippen LogP contribution in [0.2, 0.25) is 0 Å². The number of alkyl halides is 3. The smallest absolute Gasteiger partial charge is 0.251 e. The van der Waals surface area contributed by atoms with E-state index in [2.05, 4.69) is 15.9 Å². The first-order chi connectivity index (χ1) is 4.68. The van der Waals surface area contributed by atoms with E-state index < -0.39 is 6.43 Å². The minimum Gasteiger partial charge on any atom is -0.297 e. The highest BCUT2D eigenvalue weighted by Gasteiger charge is 2.21. The second-order valence-corrected chi connectivity index (χ2v) is 3.83. The van der Waals surface area contributed by atoms with Gasteiger partial charge in [-0.25, -0.2) is 8.78 Å². The molecule has 0 aliphatic carbocycles. The summed E-state index contributed by atoms with van der Waals surface area (Å²) < 4.78 is 23.5. The molecule has 1 fully saturated rings. The van der Waals surface area contributed by atoms with E-state index in [1.165, 1.54) is 0 Å². The summed E-state index contributed by atoms with van der Waals surface area (Å²) in [5, 5.41) is 0. The van der Waals surface area contributed by atoms with Gasteiger partial charge < -0.3 is 0 Å². The highest BCUT2D eigenvalue weighted by molar-refractivity contribution is 9.09. The Morgan fingerprint density at radius 1 is 1.55 bits per heavy atom. The second kappa shape index (κ2) is 5.43. The summed E-state index contributed by atoms with van der Waals surface area (Å²) in [7, 11) is 0. The van der Waals surface area contributed by atoms with Crippen LogP contribution in [0.4, 0.5) is 8.78 Å². The minimum absolute atomic E-state index is 0. The fourth-order valence-electron chi connectivity index (χ4n) is 1.15. The maximum Gasteiger partial charge on any atom is 0.251 e. The van der Waals surface area contributed by atoms with Crippen LogP contribution in [0.3, 0.4) is 0 Å². The van der Waals surface area contributed by atoms with Gasteiger partial charge in [-0.05, 0) is 13.0 Å². The lowest BCUT2D eigenvalue weighted by molar-refractivity contribution is 0.0999. The van der Waals surface area contributed by atoms with Crippen LogP contribution in [0, 0.1) is 0 Å². The summed E-state index contributed by atoms with van der Waals surface area (Å²) >= 11 is 3.38. The van der Waals surface area contributed by atoms with Crippen LogP contribution >= 0.6 is 32.9 Å². The Hall–Kier alpha value is 0.780. The van der Waals surface area contributed by atoms with Crippen LogP contribution in [-0.2, 0) is 0 Å². The number of hydrogen-bond donors (Lipinski definition) is 0. The Morgan fingerprint density at radius 2 is 2.18 bits per heavy atom. The highest BCUT2D eigenvalue weighted by Crippen LogP contribution is 2.16. The fourth-order valence-corrected chi connectivity index (χ4v) is 1.76. The van der Waals surface area contributed by atoms with Crippen molar-refractivity contribution in [2.45, 2.75) is 17.7 Å². The molecule has 1 unspecified atom stereocenters. The summed E-state index contributed by atoms with van der Waals surface area (Å²) in [6.07, 6.45) is -1.19. The molecule has 68 valence electrons. The van der Waals surface area contributed by atoms with Crippen molar-refractivity contribution in [3.63, 3.8) is 0 Å². The molecule has 0 spiro atoms. The molecule has 0 aromatic carbocycles. The van der Waals surface area contributed by atoms with E-state index in [-0.39, 0.29) is 23.5 Å². The Morgan fingerprint density at radius 3 is 2.55 bits per heavy atom. The number of hydrogen-bond acceptors (Lipinski definition) is 1. The molecular formula is C6H11Br2F2N. The van der Waals surface area contributed by atoms with Gasteiger partial charge in [0.25, 0.3) is 6.43 Å². The van der Waals surface area contributed by atoms with Crippen molar-refractivity contribution < 1.29 is 8.78 Å². The molecule has 0 radical (unpaired) electrons. The largest absolute Gasteiger partial charge is 0.297 e. The van der Waals surface area contributed by atoms with Gasteiger partial charge in [0.2, 0.25) is 0 Å². The molecule has 0 N–H and O–H groups in total. The van der Waals surface area contributed by atoms with Crippen molar-refractivity contribution in [2.75, 3.05) is 19.6 Å². The molecule has 0 saturated carbocycles. The molecule has 5 heteroatoms. The first-order valence-electron chi connectivity index (χ1n) is 3.33. The molecule has 1 aliphatic rings. The van der Waals surface area contributed by atoms with Gasteiger partial charge in [-0.1, -0.05) is 15.9 Å². The Labute approximate surface area is 84.0 Å². The van der Waals surface area contributed by atoms with Crippen LogP contribution in [0.25, 0.3) is 0 Å². The lowest BCUT2D eigenvalue weighted by Gasteiger charge is -2.12. The number of nitrogens with zero attached hydrogens (tertiary/aromatic N) is 1. The molecule has 0 amide bonds. The zero-order valence-electron chi connectivity index (χ0n) is 5.97. The van der Waals surface area contributed by atoms with Crippen LogP contribution in [0.15, 0.2) is 0 Å². The van der Waals surface area contributed by atoms with Gasteiger partial charge in [0.15, 0.2) is 0 Å². The molecule has 1 aliphatic heterocycles. The van der Waals surface area contributed by atoms with Crippen molar-refractivity contribution in [2.24, 2.45) is 0 Å². The predicted molar refractivity (Wildman–Crippen MR) is 50.1 cm³/mol. The average molecular weight is 295 g/mol. The summed E-state index contributed by atoms with van der Waals surface area (Å²) in [6, 6.07) is 0. The topological polar surface area (TPSA) is 3.24 Å². The Balaban J connectivity index is 0.000001000. The van der Waals surface area contributed by atoms with E-state index in [1.807, 2.05) is 0 Å². The quantitative estimate of drug-likeness (QED) is 0.707. The minimum atomic E-state index is -2.18. The van der Waals surface area contributed by atoms with Crippen molar-refractivity contribution in [1.82, 2.24) is 4.90 Å². The van der Waals surface area contributed by atoms with Crippen molar-refractivity contribution in [3.05, 3.63) is 0 Å². The van der Waals surface area contributed by atoms with Gasteiger partial charge >= 0.3 is 0 Å². The molecule has 1 rings (SSSR count). The van der Waals surface area contributed by atoms with Crippen LogP contribution in [0.5, 0.6) is 0 Å². The number of halogens is 4. The van der Waals surface area contributed by atoms with Gasteiger partial charge in [0.1, 0.15) is 0 Å². The molecule has 1 saturated heterocycles. The third-order valence-corrected chi connectivity index (χ3v) is 2.36. The molecule has 0 bridgehead atoms. The van der Waals surface area contributed by atoms with E-state index in [0.29, 0.717) is 4.83 Å². The van der Waals surface area contributed by atoms with E-state index in [9.17, 15) is 8.78 Å². The van der Waals surface area contributed by atoms with E-state index in [4.69, 9.17) is 0 Å². The van der Waals surface area contributed by atoms with Crippen LogP contribution in [0.1, 0.15) is 6.42 Å². The lowest BCUT2D eigenvalue weighted by atomic mass is 10.4. The Kier molecular flexibility index (Phi) is 5.82. The molecule has 0 aromatic rings. The van der Waals surface area contributed by atoms with E-state index >= 15 is 0 Å². The molecule has 0 aromatic heterocycles. The SMILES string of the molecule is Br.FC(F)CN1CCC(Br)C1. The molecule has 1 atom stereocenters. The third kappa shape index (κ3) is 4.38. The van der Waals surface area contributed by atoms with E-state index in [0.717, 1.165) is 19.5 Å². The zero-order valence-corrected chi connectivity index (χ0v) is 9.27. The van der Waals surface area contributed by atoms with Gasteiger partial charge in [0.05, 0.1) is 6.54 Å². The van der Waals surface area contributed by atoms with Crippen molar-refractivity contribution in [1.29, 1.82) is 0 Å². The molecular weight excluding hydrogens is 284 g/mol. The first-order valence-corrected chi connectivity index (χ1v) is 4.24. The fraction of sp³-hybridized carbons (Fsp3) is 1.00. The maximum atomic E-state index is 11.8. The number of likely N-dealkylation sites (tertiary alicyclic amines) is 1. The highest BCUT2D eigenvalue weighted by atomic mass is 79.9. The van der Waals surface area contributed by atoms with Gasteiger partial charge in [-0.2, -0.15) is 0 Å². The van der Waals surface area contributed by atoms with Gasteiger partial charge in [-0.15, -0.1) is 17.0 Å². The second-order valence-electron chi connectivity index (χ2n) is 2.54. The predicted octanol–water partition coefficient (Wildman–Crippen LogP) is 2.30. The third-order valence-electron chi connectivity index (χ3n) is 1.61. The standard InChI is InChI=1S/C6H10BrF2N.BrH/c7-5-1-2-10(3-5)4-6(8)9;/h5-6H,1-4H2;1H. The van der Waals surface area contributed by atoms with Crippen LogP contribution in [-0.4, -0.2) is 35.8 Å². The molecule has 1 nitrogen and oxygen atoms in total. The van der Waals surface area contributed by atoms with Gasteiger partial charge in [0, 0.05) is 11.4 Å².